The number of carbonyl (C=O) groups excluding carboxylic acids is 1. The van der Waals surface area contributed by atoms with E-state index < -0.39 is 16.4 Å². The van der Waals surface area contributed by atoms with Gasteiger partial charge in [0.05, 0.1) is 11.0 Å². The average Bonchev–Trinajstić information content (AvgIpc) is 3.13. The van der Waals surface area contributed by atoms with Gasteiger partial charge in [0.2, 0.25) is 0 Å². The van der Waals surface area contributed by atoms with Crippen molar-refractivity contribution in [1.82, 2.24) is 4.90 Å². The molecule has 136 valence electrons. The average molecular weight is 348 g/mol. The molecule has 1 aromatic rings. The molecule has 2 fully saturated rings. The lowest BCUT2D eigenvalue weighted by molar-refractivity contribution is -0.385. The molecule has 0 aromatic heterocycles. The highest BCUT2D eigenvalue weighted by atomic mass is 16.6. The number of phenols is 1. The molecule has 1 aliphatic carbocycles. The van der Waals surface area contributed by atoms with Gasteiger partial charge in [-0.2, -0.15) is 0 Å². The Morgan fingerprint density at radius 1 is 1.24 bits per heavy atom. The third kappa shape index (κ3) is 4.28. The number of benzene rings is 1. The fraction of sp³-hybridized carbons (Fsp3) is 0.611. The largest absolute Gasteiger partial charge is 0.502 e. The van der Waals surface area contributed by atoms with Crippen LogP contribution in [-0.4, -0.2) is 46.6 Å². The van der Waals surface area contributed by atoms with Gasteiger partial charge in [0.1, 0.15) is 0 Å². The van der Waals surface area contributed by atoms with Crippen LogP contribution >= 0.6 is 0 Å². The van der Waals surface area contributed by atoms with E-state index in [1.807, 2.05) is 0 Å². The summed E-state index contributed by atoms with van der Waals surface area (Å²) in [6, 6.07) is 3.76. The topological polar surface area (TPSA) is 92.9 Å². The van der Waals surface area contributed by atoms with Gasteiger partial charge in [-0.1, -0.05) is 12.8 Å². The summed E-state index contributed by atoms with van der Waals surface area (Å²) in [7, 11) is 0. The van der Waals surface area contributed by atoms with Crippen molar-refractivity contribution in [2.45, 2.75) is 44.6 Å². The van der Waals surface area contributed by atoms with Crippen molar-refractivity contribution in [1.29, 1.82) is 0 Å². The first-order valence-electron chi connectivity index (χ1n) is 8.93. The molecular formula is C18H24N2O5. The van der Waals surface area contributed by atoms with Crippen LogP contribution in [-0.2, 0) is 4.74 Å². The lowest BCUT2D eigenvalue weighted by atomic mass is 10.0. The predicted octanol–water partition coefficient (Wildman–Crippen LogP) is 3.11. The second kappa shape index (κ2) is 7.82. The number of amides is 1. The van der Waals surface area contributed by atoms with Crippen molar-refractivity contribution in [3.63, 3.8) is 0 Å². The molecule has 0 atom stereocenters. The third-order valence-electron chi connectivity index (χ3n) is 5.19. The Kier molecular flexibility index (Phi) is 5.53. The predicted molar refractivity (Wildman–Crippen MR) is 91.6 cm³/mol. The molecule has 0 spiro atoms. The molecule has 2 aliphatic rings. The van der Waals surface area contributed by atoms with Crippen LogP contribution in [0.1, 0.15) is 48.9 Å². The lowest BCUT2D eigenvalue weighted by Gasteiger charge is -2.32. The molecular weight excluding hydrogens is 324 g/mol. The summed E-state index contributed by atoms with van der Waals surface area (Å²) < 4.78 is 6.01. The van der Waals surface area contributed by atoms with Crippen LogP contribution in [0.15, 0.2) is 18.2 Å². The number of hydrogen-bond acceptors (Lipinski definition) is 5. The summed E-state index contributed by atoms with van der Waals surface area (Å²) in [5.41, 5.74) is -0.213. The smallest absolute Gasteiger partial charge is 0.311 e. The van der Waals surface area contributed by atoms with Crippen molar-refractivity contribution >= 4 is 11.6 Å². The Balaban J connectivity index is 1.52. The minimum Gasteiger partial charge on any atom is -0.502 e. The SMILES string of the molecule is O=C(c1ccc(O)c([N+](=O)[O-])c1)N1CCC(OCC2CCCC2)CC1. The molecule has 7 nitrogen and oxygen atoms in total. The summed E-state index contributed by atoms with van der Waals surface area (Å²) >= 11 is 0. The van der Waals surface area contributed by atoms with Gasteiger partial charge >= 0.3 is 5.69 Å². The molecule has 1 aromatic carbocycles. The molecule has 25 heavy (non-hydrogen) atoms. The van der Waals surface area contributed by atoms with Gasteiger partial charge in [0.25, 0.3) is 5.91 Å². The second-order valence-electron chi connectivity index (χ2n) is 6.94. The fourth-order valence-electron chi connectivity index (χ4n) is 3.66. The highest BCUT2D eigenvalue weighted by Gasteiger charge is 2.26. The quantitative estimate of drug-likeness (QED) is 0.652. The van der Waals surface area contributed by atoms with Gasteiger partial charge in [0, 0.05) is 31.3 Å². The van der Waals surface area contributed by atoms with E-state index in [-0.39, 0.29) is 17.6 Å². The van der Waals surface area contributed by atoms with E-state index in [0.29, 0.717) is 19.0 Å². The molecule has 0 radical (unpaired) electrons. The molecule has 1 N–H and O–H groups in total. The summed E-state index contributed by atoms with van der Waals surface area (Å²) in [5.74, 6) is 0.0233. The third-order valence-corrected chi connectivity index (χ3v) is 5.19. The Bertz CT molecular complexity index is 634. The van der Waals surface area contributed by atoms with E-state index in [0.717, 1.165) is 25.5 Å². The first kappa shape index (κ1) is 17.7. The Morgan fingerprint density at radius 3 is 2.56 bits per heavy atom. The summed E-state index contributed by atoms with van der Waals surface area (Å²) in [6.45, 7) is 1.99. The number of aromatic hydroxyl groups is 1. The standard InChI is InChI=1S/C18H24N2O5/c21-17-6-5-14(11-16(17)20(23)24)18(22)19-9-7-15(8-10-19)25-12-13-3-1-2-4-13/h5-6,11,13,15,21H,1-4,7-10,12H2. The minimum atomic E-state index is -0.685. The number of hydrogen-bond donors (Lipinski definition) is 1. The van der Waals surface area contributed by atoms with Gasteiger partial charge in [-0.3, -0.25) is 14.9 Å². The first-order valence-corrected chi connectivity index (χ1v) is 8.93. The molecule has 7 heteroatoms. The first-order chi connectivity index (χ1) is 12.0. The van der Waals surface area contributed by atoms with Crippen LogP contribution in [0.3, 0.4) is 0 Å². The molecule has 0 unspecified atom stereocenters. The summed E-state index contributed by atoms with van der Waals surface area (Å²) in [5, 5.41) is 20.4. The van der Waals surface area contributed by atoms with Crippen molar-refractivity contribution < 1.29 is 19.6 Å². The zero-order valence-electron chi connectivity index (χ0n) is 14.2. The van der Waals surface area contributed by atoms with Gasteiger partial charge in [-0.05, 0) is 43.7 Å². The van der Waals surface area contributed by atoms with E-state index in [1.165, 1.54) is 37.8 Å². The van der Waals surface area contributed by atoms with Crippen molar-refractivity contribution in [2.75, 3.05) is 19.7 Å². The van der Waals surface area contributed by atoms with Gasteiger partial charge in [0.15, 0.2) is 5.75 Å². The fourth-order valence-corrected chi connectivity index (χ4v) is 3.66. The van der Waals surface area contributed by atoms with Crippen LogP contribution in [0.4, 0.5) is 5.69 Å². The maximum absolute atomic E-state index is 12.5. The number of nitrogens with zero attached hydrogens (tertiary/aromatic N) is 2. The van der Waals surface area contributed by atoms with E-state index in [2.05, 4.69) is 0 Å². The zero-order valence-corrected chi connectivity index (χ0v) is 14.2. The van der Waals surface area contributed by atoms with E-state index in [1.54, 1.807) is 4.90 Å². The molecule has 0 bridgehead atoms. The molecule has 1 amide bonds. The summed E-state index contributed by atoms with van der Waals surface area (Å²) in [4.78, 5) is 24.5. The monoisotopic (exact) mass is 348 g/mol. The zero-order chi connectivity index (χ0) is 17.8. The Labute approximate surface area is 146 Å². The van der Waals surface area contributed by atoms with Crippen LogP contribution in [0.2, 0.25) is 0 Å². The number of piperidine rings is 1. The van der Waals surface area contributed by atoms with E-state index >= 15 is 0 Å². The molecule has 1 aliphatic heterocycles. The van der Waals surface area contributed by atoms with Gasteiger partial charge in [-0.25, -0.2) is 0 Å². The summed E-state index contributed by atoms with van der Waals surface area (Å²) in [6.07, 6.45) is 6.91. The highest BCUT2D eigenvalue weighted by molar-refractivity contribution is 5.95. The van der Waals surface area contributed by atoms with Crippen molar-refractivity contribution in [3.05, 3.63) is 33.9 Å². The van der Waals surface area contributed by atoms with E-state index in [4.69, 9.17) is 4.74 Å². The maximum Gasteiger partial charge on any atom is 0.311 e. The Morgan fingerprint density at radius 2 is 1.92 bits per heavy atom. The Hall–Kier alpha value is -2.15. The van der Waals surface area contributed by atoms with Gasteiger partial charge < -0.3 is 14.7 Å². The number of carbonyl (C=O) groups is 1. The number of nitro groups is 1. The highest BCUT2D eigenvalue weighted by Crippen LogP contribution is 2.28. The van der Waals surface area contributed by atoms with Crippen LogP contribution < -0.4 is 0 Å². The number of nitro benzene ring substituents is 1. The van der Waals surface area contributed by atoms with Crippen molar-refractivity contribution in [3.8, 4) is 5.75 Å². The van der Waals surface area contributed by atoms with Gasteiger partial charge in [-0.15, -0.1) is 0 Å². The van der Waals surface area contributed by atoms with Crippen LogP contribution in [0.5, 0.6) is 5.75 Å². The maximum atomic E-state index is 12.5. The van der Waals surface area contributed by atoms with Crippen LogP contribution in [0, 0.1) is 16.0 Å². The normalized spacial score (nSPS) is 19.3. The molecule has 1 saturated carbocycles. The number of phenolic OH excluding ortho intramolecular Hbond substituents is 1. The number of ether oxygens (including phenoxy) is 1. The van der Waals surface area contributed by atoms with Crippen LogP contribution in [0.25, 0.3) is 0 Å². The minimum absolute atomic E-state index is 0.193. The molecule has 1 saturated heterocycles. The van der Waals surface area contributed by atoms with E-state index in [9.17, 15) is 20.0 Å². The second-order valence-corrected chi connectivity index (χ2v) is 6.94. The number of rotatable bonds is 5. The number of likely N-dealkylation sites (tertiary alicyclic amines) is 1. The molecule has 3 rings (SSSR count). The lowest BCUT2D eigenvalue weighted by Crippen LogP contribution is -2.41. The van der Waals surface area contributed by atoms with Crippen molar-refractivity contribution in [2.24, 2.45) is 5.92 Å². The molecule has 1 heterocycles.